The number of thiophene rings is 1. The second kappa shape index (κ2) is 11.1. The van der Waals surface area contributed by atoms with Crippen molar-refractivity contribution < 1.29 is 19.1 Å². The zero-order chi connectivity index (χ0) is 20.5. The van der Waals surface area contributed by atoms with E-state index in [2.05, 4.69) is 21.3 Å². The van der Waals surface area contributed by atoms with E-state index in [0.29, 0.717) is 37.5 Å². The van der Waals surface area contributed by atoms with Crippen molar-refractivity contribution in [3.05, 3.63) is 17.0 Å². The van der Waals surface area contributed by atoms with Gasteiger partial charge in [0.2, 0.25) is 5.91 Å². The molecule has 9 nitrogen and oxygen atoms in total. The maximum Gasteiger partial charge on any atom is 0.414 e. The predicted octanol–water partition coefficient (Wildman–Crippen LogP) is 1.23. The molecule has 1 saturated heterocycles. The molecule has 1 aliphatic heterocycles. The molecule has 0 aromatic carbocycles. The Morgan fingerprint density at radius 2 is 1.96 bits per heavy atom. The lowest BCUT2D eigenvalue weighted by Gasteiger charge is -2.30. The number of carbonyl (C=O) groups is 3. The first-order chi connectivity index (χ1) is 13.5. The number of alkyl carbamates (subject to hydrolysis) is 1. The van der Waals surface area contributed by atoms with Gasteiger partial charge in [0.15, 0.2) is 0 Å². The molecule has 1 aromatic heterocycles. The minimum Gasteiger partial charge on any atom is -0.446 e. The molecule has 0 aliphatic carbocycles. The molecule has 1 fully saturated rings. The Kier molecular flexibility index (Phi) is 8.84. The molecule has 0 bridgehead atoms. The number of carbonyl (C=O) groups excluding carboxylic acids is 3. The predicted molar refractivity (Wildman–Crippen MR) is 108 cm³/mol. The van der Waals surface area contributed by atoms with Gasteiger partial charge in [-0.1, -0.05) is 13.8 Å². The van der Waals surface area contributed by atoms with Gasteiger partial charge >= 0.3 is 6.09 Å². The SMILES string of the molecule is CCC(CC)OC(=O)NC(=O)c1ccsc1NC(=O)C1CNC(CCN)NC1. The van der Waals surface area contributed by atoms with Crippen LogP contribution in [-0.4, -0.2) is 49.8 Å². The van der Waals surface area contributed by atoms with Crippen molar-refractivity contribution in [2.45, 2.75) is 45.4 Å². The quantitative estimate of drug-likeness (QED) is 0.434. The Hall–Kier alpha value is -2.01. The molecule has 0 radical (unpaired) electrons. The lowest BCUT2D eigenvalue weighted by atomic mass is 10.1. The molecule has 2 rings (SSSR count). The fraction of sp³-hybridized carbons (Fsp3) is 0.611. The summed E-state index contributed by atoms with van der Waals surface area (Å²) in [6, 6.07) is 1.56. The Labute approximate surface area is 168 Å². The second-order valence-electron chi connectivity index (χ2n) is 6.59. The highest BCUT2D eigenvalue weighted by Crippen LogP contribution is 2.24. The van der Waals surface area contributed by atoms with Crippen molar-refractivity contribution in [1.82, 2.24) is 16.0 Å². The lowest BCUT2D eigenvalue weighted by molar-refractivity contribution is -0.120. The van der Waals surface area contributed by atoms with Gasteiger partial charge in [-0.2, -0.15) is 0 Å². The van der Waals surface area contributed by atoms with Crippen LogP contribution in [0.15, 0.2) is 11.4 Å². The van der Waals surface area contributed by atoms with E-state index in [-0.39, 0.29) is 29.7 Å². The van der Waals surface area contributed by atoms with Crippen molar-refractivity contribution in [1.29, 1.82) is 0 Å². The summed E-state index contributed by atoms with van der Waals surface area (Å²) in [5, 5.41) is 13.6. The van der Waals surface area contributed by atoms with E-state index in [1.165, 1.54) is 11.3 Å². The molecule has 3 amide bonds. The number of rotatable bonds is 8. The van der Waals surface area contributed by atoms with Crippen molar-refractivity contribution in [2.24, 2.45) is 11.7 Å². The molecular weight excluding hydrogens is 382 g/mol. The lowest BCUT2D eigenvalue weighted by Crippen LogP contribution is -2.55. The van der Waals surface area contributed by atoms with E-state index in [4.69, 9.17) is 10.5 Å². The monoisotopic (exact) mass is 411 g/mol. The highest BCUT2D eigenvalue weighted by Gasteiger charge is 2.27. The number of hydrogen-bond acceptors (Lipinski definition) is 8. The van der Waals surface area contributed by atoms with Crippen LogP contribution in [-0.2, 0) is 9.53 Å². The number of anilines is 1. The maximum absolute atomic E-state index is 12.5. The molecule has 2 heterocycles. The van der Waals surface area contributed by atoms with Gasteiger partial charge in [0.05, 0.1) is 17.6 Å². The van der Waals surface area contributed by atoms with Gasteiger partial charge in [-0.05, 0) is 37.3 Å². The first kappa shape index (κ1) is 22.3. The Morgan fingerprint density at radius 3 is 2.57 bits per heavy atom. The molecule has 0 saturated carbocycles. The number of nitrogens with one attached hydrogen (secondary N) is 4. The summed E-state index contributed by atoms with van der Waals surface area (Å²) >= 11 is 1.23. The van der Waals surface area contributed by atoms with Crippen molar-refractivity contribution in [3.63, 3.8) is 0 Å². The van der Waals surface area contributed by atoms with Gasteiger partial charge < -0.3 is 26.4 Å². The summed E-state index contributed by atoms with van der Waals surface area (Å²) in [7, 11) is 0. The molecule has 10 heteroatoms. The van der Waals surface area contributed by atoms with Crippen molar-refractivity contribution in [3.8, 4) is 0 Å². The number of imide groups is 1. The largest absolute Gasteiger partial charge is 0.446 e. The van der Waals surface area contributed by atoms with Crippen LogP contribution in [0, 0.1) is 5.92 Å². The summed E-state index contributed by atoms with van der Waals surface area (Å²) in [4.78, 5) is 36.8. The zero-order valence-electron chi connectivity index (χ0n) is 16.2. The third kappa shape index (κ3) is 6.26. The molecule has 0 unspecified atom stereocenters. The number of nitrogens with two attached hydrogens (primary N) is 1. The zero-order valence-corrected chi connectivity index (χ0v) is 17.1. The van der Waals surface area contributed by atoms with Gasteiger partial charge in [-0.25, -0.2) is 4.79 Å². The molecule has 0 atom stereocenters. The summed E-state index contributed by atoms with van der Waals surface area (Å²) in [6.07, 6.45) is 1.23. The summed E-state index contributed by atoms with van der Waals surface area (Å²) < 4.78 is 5.18. The van der Waals surface area contributed by atoms with Gasteiger partial charge in [0.1, 0.15) is 11.1 Å². The first-order valence-corrected chi connectivity index (χ1v) is 10.4. The Bertz CT molecular complexity index is 669. The van der Waals surface area contributed by atoms with Crippen LogP contribution in [0.2, 0.25) is 0 Å². The average Bonchev–Trinajstić information content (AvgIpc) is 3.15. The van der Waals surface area contributed by atoms with E-state index in [9.17, 15) is 14.4 Å². The standard InChI is InChI=1S/C18H29N5O4S/c1-3-12(4-2)27-18(26)23-16(25)13-6-8-28-17(13)22-15(24)11-9-20-14(5-7-19)21-10-11/h6,8,11-12,14,20-21H,3-5,7,9-10,19H2,1-2H3,(H,22,24)(H,23,25,26). The van der Waals surface area contributed by atoms with Gasteiger partial charge in [0.25, 0.3) is 5.91 Å². The Balaban J connectivity index is 1.89. The maximum atomic E-state index is 12.5. The number of amides is 3. The molecule has 28 heavy (non-hydrogen) atoms. The van der Waals surface area contributed by atoms with Crippen LogP contribution in [0.5, 0.6) is 0 Å². The number of ether oxygens (including phenoxy) is 1. The summed E-state index contributed by atoms with van der Waals surface area (Å²) in [6.45, 7) is 5.43. The van der Waals surface area contributed by atoms with Gasteiger partial charge in [-0.15, -0.1) is 11.3 Å². The third-order valence-corrected chi connectivity index (χ3v) is 5.42. The van der Waals surface area contributed by atoms with Crippen LogP contribution in [0.4, 0.5) is 9.80 Å². The second-order valence-corrected chi connectivity index (χ2v) is 7.51. The fourth-order valence-electron chi connectivity index (χ4n) is 2.86. The Morgan fingerprint density at radius 1 is 1.29 bits per heavy atom. The molecular formula is C18H29N5O4S. The molecule has 1 aliphatic rings. The summed E-state index contributed by atoms with van der Waals surface area (Å²) in [5.74, 6) is -1.07. The summed E-state index contributed by atoms with van der Waals surface area (Å²) in [5.41, 5.74) is 5.77. The smallest absolute Gasteiger partial charge is 0.414 e. The third-order valence-electron chi connectivity index (χ3n) is 4.59. The first-order valence-electron chi connectivity index (χ1n) is 9.55. The molecule has 6 N–H and O–H groups in total. The van der Waals surface area contributed by atoms with Gasteiger partial charge in [-0.3, -0.25) is 14.9 Å². The molecule has 0 spiro atoms. The van der Waals surface area contributed by atoms with E-state index in [0.717, 1.165) is 6.42 Å². The number of hydrogen-bond donors (Lipinski definition) is 5. The van der Waals surface area contributed by atoms with Gasteiger partial charge in [0, 0.05) is 13.1 Å². The highest BCUT2D eigenvalue weighted by molar-refractivity contribution is 7.14. The highest BCUT2D eigenvalue weighted by atomic mass is 32.1. The van der Waals surface area contributed by atoms with Crippen LogP contribution in [0.1, 0.15) is 43.5 Å². The molecule has 1 aromatic rings. The van der Waals surface area contributed by atoms with Crippen LogP contribution >= 0.6 is 11.3 Å². The van der Waals surface area contributed by atoms with E-state index in [1.54, 1.807) is 11.4 Å². The van der Waals surface area contributed by atoms with Crippen LogP contribution in [0.25, 0.3) is 0 Å². The van der Waals surface area contributed by atoms with Crippen molar-refractivity contribution in [2.75, 3.05) is 25.0 Å². The fourth-order valence-corrected chi connectivity index (χ4v) is 3.65. The average molecular weight is 412 g/mol. The topological polar surface area (TPSA) is 135 Å². The van der Waals surface area contributed by atoms with Crippen molar-refractivity contribution >= 4 is 34.2 Å². The van der Waals surface area contributed by atoms with E-state index < -0.39 is 12.0 Å². The minimum atomic E-state index is -0.784. The van der Waals surface area contributed by atoms with Crippen LogP contribution in [0.3, 0.4) is 0 Å². The van der Waals surface area contributed by atoms with E-state index >= 15 is 0 Å². The minimum absolute atomic E-state index is 0.109. The van der Waals surface area contributed by atoms with E-state index in [1.807, 2.05) is 13.8 Å². The molecule has 156 valence electrons. The van der Waals surface area contributed by atoms with Crippen LogP contribution < -0.4 is 27.0 Å². The normalized spacial score (nSPS) is 19.3.